The van der Waals surface area contributed by atoms with Gasteiger partial charge in [-0.15, -0.1) is 0 Å². The van der Waals surface area contributed by atoms with Gasteiger partial charge in [0.15, 0.2) is 11.5 Å². The third kappa shape index (κ3) is 3.68. The van der Waals surface area contributed by atoms with Gasteiger partial charge in [-0.2, -0.15) is 0 Å². The number of rotatable bonds is 3. The van der Waals surface area contributed by atoms with Crippen LogP contribution in [0.15, 0.2) is 53.1 Å². The quantitative estimate of drug-likeness (QED) is 0.637. The number of amides is 2. The number of hydrogen-bond donors (Lipinski definition) is 2. The molecule has 6 nitrogen and oxygen atoms in total. The van der Waals surface area contributed by atoms with Crippen LogP contribution in [0.5, 0.6) is 11.5 Å². The highest BCUT2D eigenvalue weighted by Gasteiger charge is 2.19. The van der Waals surface area contributed by atoms with E-state index in [-0.39, 0.29) is 12.1 Å². The van der Waals surface area contributed by atoms with Gasteiger partial charge in [0.1, 0.15) is 13.2 Å². The molecule has 4 rings (SSSR count). The average Bonchev–Trinajstić information content (AvgIpc) is 2.67. The van der Waals surface area contributed by atoms with Gasteiger partial charge in [-0.25, -0.2) is 4.79 Å². The van der Waals surface area contributed by atoms with Gasteiger partial charge in [-0.3, -0.25) is 4.98 Å². The Morgan fingerprint density at radius 2 is 1.89 bits per heavy atom. The molecule has 3 aromatic rings. The van der Waals surface area contributed by atoms with E-state index in [0.29, 0.717) is 30.4 Å². The summed E-state index contributed by atoms with van der Waals surface area (Å²) in [5, 5.41) is 6.81. The van der Waals surface area contributed by atoms with Gasteiger partial charge in [-0.1, -0.05) is 34.1 Å². The minimum Gasteiger partial charge on any atom is -0.486 e. The second kappa shape index (κ2) is 7.44. The fourth-order valence-corrected chi connectivity index (χ4v) is 3.72. The van der Waals surface area contributed by atoms with E-state index in [0.717, 1.165) is 20.9 Å². The van der Waals surface area contributed by atoms with Gasteiger partial charge in [-0.05, 0) is 36.8 Å². The van der Waals surface area contributed by atoms with Crippen LogP contribution in [0.1, 0.15) is 18.5 Å². The lowest BCUT2D eigenvalue weighted by molar-refractivity contribution is 0.171. The number of anilines is 1. The number of pyridine rings is 1. The third-order valence-electron chi connectivity index (χ3n) is 4.36. The number of carbonyl (C=O) groups is 1. The molecule has 27 heavy (non-hydrogen) atoms. The number of carbonyl (C=O) groups excluding carboxylic acids is 1. The molecule has 1 atom stereocenters. The minimum atomic E-state index is -0.303. The first-order valence-corrected chi connectivity index (χ1v) is 9.41. The van der Waals surface area contributed by atoms with Crippen molar-refractivity contribution >= 4 is 38.6 Å². The number of urea groups is 1. The van der Waals surface area contributed by atoms with Gasteiger partial charge >= 0.3 is 6.03 Å². The summed E-state index contributed by atoms with van der Waals surface area (Å²) in [6.07, 6.45) is 1.71. The monoisotopic (exact) mass is 427 g/mol. The van der Waals surface area contributed by atoms with Crippen LogP contribution >= 0.6 is 15.9 Å². The van der Waals surface area contributed by atoms with Gasteiger partial charge in [0.25, 0.3) is 0 Å². The molecule has 1 aliphatic rings. The number of halogens is 1. The smallest absolute Gasteiger partial charge is 0.319 e. The van der Waals surface area contributed by atoms with Crippen molar-refractivity contribution in [3.63, 3.8) is 0 Å². The molecule has 1 unspecified atom stereocenters. The summed E-state index contributed by atoms with van der Waals surface area (Å²) in [4.78, 5) is 16.9. The lowest BCUT2D eigenvalue weighted by Crippen LogP contribution is -2.31. The summed E-state index contributed by atoms with van der Waals surface area (Å²) in [7, 11) is 0. The fourth-order valence-electron chi connectivity index (χ4n) is 3.05. The van der Waals surface area contributed by atoms with Crippen molar-refractivity contribution < 1.29 is 14.3 Å². The minimum absolute atomic E-state index is 0.238. The van der Waals surface area contributed by atoms with Crippen LogP contribution in [-0.4, -0.2) is 24.2 Å². The first-order valence-electron chi connectivity index (χ1n) is 8.62. The molecule has 2 aromatic carbocycles. The molecule has 2 heterocycles. The molecule has 0 radical (unpaired) electrons. The van der Waals surface area contributed by atoms with Crippen molar-refractivity contribution in [2.45, 2.75) is 13.0 Å². The van der Waals surface area contributed by atoms with E-state index in [2.05, 4.69) is 31.5 Å². The molecule has 0 aliphatic carbocycles. The number of aromatic nitrogens is 1. The number of nitrogens with one attached hydrogen (secondary N) is 2. The Bertz CT molecular complexity index is 1000. The molecule has 0 fully saturated rings. The molecule has 0 spiro atoms. The SMILES string of the molecule is CC(NC(=O)Nc1cccc2cccnc12)c1cc2c(cc1Br)OCCO2. The van der Waals surface area contributed by atoms with Gasteiger partial charge in [0, 0.05) is 16.1 Å². The normalized spacial score (nSPS) is 13.9. The van der Waals surface area contributed by atoms with Gasteiger partial charge in [0.05, 0.1) is 17.2 Å². The highest BCUT2D eigenvalue weighted by molar-refractivity contribution is 9.10. The lowest BCUT2D eigenvalue weighted by atomic mass is 10.1. The van der Waals surface area contributed by atoms with Crippen molar-refractivity contribution in [3.8, 4) is 11.5 Å². The molecular formula is C20H18BrN3O3. The van der Waals surface area contributed by atoms with Crippen LogP contribution in [0.3, 0.4) is 0 Å². The molecule has 2 amide bonds. The van der Waals surface area contributed by atoms with Crippen molar-refractivity contribution in [1.82, 2.24) is 10.3 Å². The number of ether oxygens (including phenoxy) is 2. The van der Waals surface area contributed by atoms with Crippen LogP contribution in [0.25, 0.3) is 10.9 Å². The third-order valence-corrected chi connectivity index (χ3v) is 5.04. The lowest BCUT2D eigenvalue weighted by Gasteiger charge is -2.22. The van der Waals surface area contributed by atoms with Crippen LogP contribution in [0.4, 0.5) is 10.5 Å². The summed E-state index contributed by atoms with van der Waals surface area (Å²) >= 11 is 3.55. The Balaban J connectivity index is 1.51. The second-order valence-electron chi connectivity index (χ2n) is 6.22. The number of benzene rings is 2. The maximum absolute atomic E-state index is 12.5. The Hall–Kier alpha value is -2.80. The number of nitrogens with zero attached hydrogens (tertiary/aromatic N) is 1. The van der Waals surface area contributed by atoms with E-state index in [4.69, 9.17) is 9.47 Å². The van der Waals surface area contributed by atoms with E-state index in [9.17, 15) is 4.79 Å². The summed E-state index contributed by atoms with van der Waals surface area (Å²) in [6.45, 7) is 2.97. The zero-order chi connectivity index (χ0) is 18.8. The molecule has 2 N–H and O–H groups in total. The summed E-state index contributed by atoms with van der Waals surface area (Å²) in [5.74, 6) is 1.39. The Morgan fingerprint density at radius 1 is 1.15 bits per heavy atom. The highest BCUT2D eigenvalue weighted by Crippen LogP contribution is 2.37. The van der Waals surface area contributed by atoms with Gasteiger partial charge < -0.3 is 20.1 Å². The predicted molar refractivity (Wildman–Crippen MR) is 107 cm³/mol. The van der Waals surface area contributed by atoms with E-state index in [1.807, 2.05) is 49.4 Å². The van der Waals surface area contributed by atoms with Gasteiger partial charge in [0.2, 0.25) is 0 Å². The van der Waals surface area contributed by atoms with Crippen LogP contribution in [-0.2, 0) is 0 Å². The van der Waals surface area contributed by atoms with E-state index in [1.54, 1.807) is 6.20 Å². The maximum Gasteiger partial charge on any atom is 0.319 e. The van der Waals surface area contributed by atoms with E-state index < -0.39 is 0 Å². The van der Waals surface area contributed by atoms with Crippen molar-refractivity contribution in [2.75, 3.05) is 18.5 Å². The Kier molecular flexibility index (Phi) is 4.85. The van der Waals surface area contributed by atoms with Crippen LogP contribution in [0, 0.1) is 0 Å². The van der Waals surface area contributed by atoms with Crippen molar-refractivity contribution in [1.29, 1.82) is 0 Å². The molecule has 0 bridgehead atoms. The molecule has 138 valence electrons. The molecule has 0 saturated heterocycles. The molecule has 1 aliphatic heterocycles. The fraction of sp³-hybridized carbons (Fsp3) is 0.200. The molecule has 1 aromatic heterocycles. The standard InChI is InChI=1S/C20H18BrN3O3/c1-12(14-10-17-18(11-15(14)21)27-9-8-26-17)23-20(25)24-16-6-2-4-13-5-3-7-22-19(13)16/h2-7,10-12H,8-9H2,1H3,(H2,23,24,25). The maximum atomic E-state index is 12.5. The van der Waals surface area contributed by atoms with Crippen LogP contribution < -0.4 is 20.1 Å². The average molecular weight is 428 g/mol. The summed E-state index contributed by atoms with van der Waals surface area (Å²) in [6, 6.07) is 12.7. The highest BCUT2D eigenvalue weighted by atomic mass is 79.9. The summed E-state index contributed by atoms with van der Waals surface area (Å²) in [5.41, 5.74) is 2.33. The largest absolute Gasteiger partial charge is 0.486 e. The number of para-hydroxylation sites is 1. The topological polar surface area (TPSA) is 72.5 Å². The zero-order valence-corrected chi connectivity index (χ0v) is 16.2. The number of hydrogen-bond acceptors (Lipinski definition) is 4. The first-order chi connectivity index (χ1) is 13.1. The Morgan fingerprint density at radius 3 is 2.70 bits per heavy atom. The van der Waals surface area contributed by atoms with E-state index >= 15 is 0 Å². The first kappa shape index (κ1) is 17.6. The predicted octanol–water partition coefficient (Wildman–Crippen LogP) is 4.65. The van der Waals surface area contributed by atoms with Crippen molar-refractivity contribution in [2.24, 2.45) is 0 Å². The number of fused-ring (bicyclic) bond motifs is 2. The van der Waals surface area contributed by atoms with Crippen molar-refractivity contribution in [3.05, 3.63) is 58.7 Å². The molecule has 0 saturated carbocycles. The Labute approximate surface area is 165 Å². The second-order valence-corrected chi connectivity index (χ2v) is 7.07. The molecule has 7 heteroatoms. The van der Waals surface area contributed by atoms with Crippen LogP contribution in [0.2, 0.25) is 0 Å². The van der Waals surface area contributed by atoms with E-state index in [1.165, 1.54) is 0 Å². The zero-order valence-electron chi connectivity index (χ0n) is 14.7. The molecular weight excluding hydrogens is 410 g/mol. The summed E-state index contributed by atoms with van der Waals surface area (Å²) < 4.78 is 12.1.